The van der Waals surface area contributed by atoms with E-state index < -0.39 is 0 Å². The first kappa shape index (κ1) is 11.9. The summed E-state index contributed by atoms with van der Waals surface area (Å²) in [5.41, 5.74) is 9.31. The van der Waals surface area contributed by atoms with Crippen molar-refractivity contribution in [3.63, 3.8) is 0 Å². The Balaban J connectivity index is 1.46. The summed E-state index contributed by atoms with van der Waals surface area (Å²) in [4.78, 5) is 4.60. The van der Waals surface area contributed by atoms with E-state index in [4.69, 9.17) is 5.73 Å². The number of fused-ring (bicyclic) bond motifs is 3. The Morgan fingerprint density at radius 2 is 2.21 bits per heavy atom. The SMILES string of the molecule is NC(CC1CC2CCC1C2)C1CCc2cccnc21. The molecule has 2 bridgehead atoms. The van der Waals surface area contributed by atoms with E-state index in [1.807, 2.05) is 6.20 Å². The first-order chi connectivity index (χ1) is 9.31. The molecule has 2 nitrogen and oxygen atoms in total. The molecule has 5 atom stereocenters. The van der Waals surface area contributed by atoms with Gasteiger partial charge in [-0.25, -0.2) is 0 Å². The molecular formula is C17H24N2. The highest BCUT2D eigenvalue weighted by Gasteiger charge is 2.41. The van der Waals surface area contributed by atoms with Gasteiger partial charge in [0.15, 0.2) is 0 Å². The van der Waals surface area contributed by atoms with Gasteiger partial charge in [-0.05, 0) is 67.9 Å². The van der Waals surface area contributed by atoms with Crippen LogP contribution in [-0.2, 0) is 6.42 Å². The third-order valence-electron chi connectivity index (χ3n) is 5.98. The Bertz CT molecular complexity index is 470. The fourth-order valence-corrected chi connectivity index (χ4v) is 5.04. The maximum Gasteiger partial charge on any atom is 0.0482 e. The lowest BCUT2D eigenvalue weighted by Gasteiger charge is -2.27. The zero-order chi connectivity index (χ0) is 12.8. The van der Waals surface area contributed by atoms with E-state index in [2.05, 4.69) is 17.1 Å². The van der Waals surface area contributed by atoms with E-state index in [1.54, 1.807) is 0 Å². The average molecular weight is 256 g/mol. The molecule has 102 valence electrons. The van der Waals surface area contributed by atoms with E-state index in [9.17, 15) is 0 Å². The summed E-state index contributed by atoms with van der Waals surface area (Å²) in [6, 6.07) is 4.62. The molecule has 3 aliphatic rings. The van der Waals surface area contributed by atoms with Gasteiger partial charge in [0.05, 0.1) is 0 Å². The number of aryl methyl sites for hydroxylation is 1. The van der Waals surface area contributed by atoms with Gasteiger partial charge >= 0.3 is 0 Å². The van der Waals surface area contributed by atoms with Gasteiger partial charge < -0.3 is 5.73 Å². The van der Waals surface area contributed by atoms with Gasteiger partial charge in [-0.15, -0.1) is 0 Å². The lowest BCUT2D eigenvalue weighted by molar-refractivity contribution is 0.280. The molecule has 1 aromatic rings. The Hall–Kier alpha value is -0.890. The normalized spacial score (nSPS) is 37.5. The van der Waals surface area contributed by atoms with E-state index in [0.29, 0.717) is 12.0 Å². The van der Waals surface area contributed by atoms with Crippen LogP contribution in [0.3, 0.4) is 0 Å². The van der Waals surface area contributed by atoms with Crippen LogP contribution in [-0.4, -0.2) is 11.0 Å². The molecule has 0 amide bonds. The number of hydrogen-bond donors (Lipinski definition) is 1. The van der Waals surface area contributed by atoms with Gasteiger partial charge in [0.25, 0.3) is 0 Å². The lowest BCUT2D eigenvalue weighted by Crippen LogP contribution is -2.31. The fourth-order valence-electron chi connectivity index (χ4n) is 5.04. The van der Waals surface area contributed by atoms with Crippen molar-refractivity contribution in [2.24, 2.45) is 23.5 Å². The van der Waals surface area contributed by atoms with Gasteiger partial charge in [-0.3, -0.25) is 4.98 Å². The highest BCUT2D eigenvalue weighted by molar-refractivity contribution is 5.29. The smallest absolute Gasteiger partial charge is 0.0482 e. The van der Waals surface area contributed by atoms with Crippen LogP contribution in [0.15, 0.2) is 18.3 Å². The van der Waals surface area contributed by atoms with Crippen molar-refractivity contribution in [2.75, 3.05) is 0 Å². The highest BCUT2D eigenvalue weighted by Crippen LogP contribution is 2.50. The molecule has 1 heterocycles. The summed E-state index contributed by atoms with van der Waals surface area (Å²) in [7, 11) is 0. The van der Waals surface area contributed by atoms with Crippen LogP contribution >= 0.6 is 0 Å². The van der Waals surface area contributed by atoms with Crippen molar-refractivity contribution in [3.8, 4) is 0 Å². The van der Waals surface area contributed by atoms with Crippen LogP contribution < -0.4 is 5.73 Å². The molecule has 0 aromatic carbocycles. The summed E-state index contributed by atoms with van der Waals surface area (Å²) in [5.74, 6) is 3.48. The van der Waals surface area contributed by atoms with Crippen molar-refractivity contribution >= 4 is 0 Å². The molecule has 0 aliphatic heterocycles. The number of aromatic nitrogens is 1. The van der Waals surface area contributed by atoms with Gasteiger partial charge in [0.1, 0.15) is 0 Å². The quantitative estimate of drug-likeness (QED) is 0.901. The molecule has 1 aromatic heterocycles. The van der Waals surface area contributed by atoms with Crippen molar-refractivity contribution in [1.82, 2.24) is 4.98 Å². The molecule has 2 saturated carbocycles. The monoisotopic (exact) mass is 256 g/mol. The number of hydrogen-bond acceptors (Lipinski definition) is 2. The Labute approximate surface area is 115 Å². The Morgan fingerprint density at radius 1 is 1.26 bits per heavy atom. The van der Waals surface area contributed by atoms with Crippen molar-refractivity contribution in [1.29, 1.82) is 0 Å². The molecule has 0 radical (unpaired) electrons. The lowest BCUT2D eigenvalue weighted by atomic mass is 9.81. The molecule has 5 unspecified atom stereocenters. The zero-order valence-electron chi connectivity index (χ0n) is 11.6. The third-order valence-corrected chi connectivity index (χ3v) is 5.98. The maximum absolute atomic E-state index is 6.57. The third kappa shape index (κ3) is 2.01. The number of pyridine rings is 1. The molecular weight excluding hydrogens is 232 g/mol. The summed E-state index contributed by atoms with van der Waals surface area (Å²) >= 11 is 0. The van der Waals surface area contributed by atoms with Crippen LogP contribution in [0.4, 0.5) is 0 Å². The number of nitrogens with two attached hydrogens (primary N) is 1. The van der Waals surface area contributed by atoms with E-state index in [1.165, 1.54) is 56.2 Å². The number of nitrogens with zero attached hydrogens (tertiary/aromatic N) is 1. The second kappa shape index (κ2) is 4.59. The fraction of sp³-hybridized carbons (Fsp3) is 0.706. The average Bonchev–Trinajstić information content (AvgIpc) is 3.13. The molecule has 4 rings (SSSR count). The number of rotatable bonds is 3. The minimum Gasteiger partial charge on any atom is -0.327 e. The van der Waals surface area contributed by atoms with Crippen molar-refractivity contribution in [3.05, 3.63) is 29.6 Å². The van der Waals surface area contributed by atoms with Crippen LogP contribution in [0.2, 0.25) is 0 Å². The van der Waals surface area contributed by atoms with E-state index in [-0.39, 0.29) is 0 Å². The minimum absolute atomic E-state index is 0.334. The Kier molecular flexibility index (Phi) is 2.87. The van der Waals surface area contributed by atoms with Gasteiger partial charge in [0, 0.05) is 23.9 Å². The van der Waals surface area contributed by atoms with Gasteiger partial charge in [-0.1, -0.05) is 12.5 Å². The van der Waals surface area contributed by atoms with Crippen LogP contribution in [0, 0.1) is 17.8 Å². The summed E-state index contributed by atoms with van der Waals surface area (Å²) in [5, 5.41) is 0. The molecule has 0 spiro atoms. The second-order valence-corrected chi connectivity index (χ2v) is 7.03. The standard InChI is InChI=1S/C17H24N2/c18-16(10-14-9-11-3-4-13(14)8-11)15-6-5-12-2-1-7-19-17(12)15/h1-2,7,11,13-16H,3-6,8-10,18H2. The predicted octanol–water partition coefficient (Wildman–Crippen LogP) is 3.27. The van der Waals surface area contributed by atoms with E-state index >= 15 is 0 Å². The van der Waals surface area contributed by atoms with E-state index in [0.717, 1.165) is 17.8 Å². The molecule has 2 heteroatoms. The van der Waals surface area contributed by atoms with Crippen molar-refractivity contribution in [2.45, 2.75) is 56.9 Å². The minimum atomic E-state index is 0.334. The largest absolute Gasteiger partial charge is 0.327 e. The predicted molar refractivity (Wildman–Crippen MR) is 76.8 cm³/mol. The van der Waals surface area contributed by atoms with Crippen molar-refractivity contribution < 1.29 is 0 Å². The summed E-state index contributed by atoms with van der Waals surface area (Å²) in [6.45, 7) is 0. The van der Waals surface area contributed by atoms with Gasteiger partial charge in [0.2, 0.25) is 0 Å². The van der Waals surface area contributed by atoms with Crippen LogP contribution in [0.25, 0.3) is 0 Å². The molecule has 0 saturated heterocycles. The summed E-state index contributed by atoms with van der Waals surface area (Å²) < 4.78 is 0. The van der Waals surface area contributed by atoms with Crippen LogP contribution in [0.1, 0.15) is 55.7 Å². The first-order valence-corrected chi connectivity index (χ1v) is 8.00. The van der Waals surface area contributed by atoms with Crippen LogP contribution in [0.5, 0.6) is 0 Å². The summed E-state index contributed by atoms with van der Waals surface area (Å²) in [6.07, 6.45) is 11.5. The molecule has 19 heavy (non-hydrogen) atoms. The Morgan fingerprint density at radius 3 is 3.00 bits per heavy atom. The molecule has 2 N–H and O–H groups in total. The van der Waals surface area contributed by atoms with Gasteiger partial charge in [-0.2, -0.15) is 0 Å². The second-order valence-electron chi connectivity index (χ2n) is 7.03. The topological polar surface area (TPSA) is 38.9 Å². The molecule has 3 aliphatic carbocycles. The molecule has 2 fully saturated rings. The highest BCUT2D eigenvalue weighted by atomic mass is 14.8. The maximum atomic E-state index is 6.57. The first-order valence-electron chi connectivity index (χ1n) is 8.00. The zero-order valence-corrected chi connectivity index (χ0v) is 11.6.